The Bertz CT molecular complexity index is 650. The van der Waals surface area contributed by atoms with Gasteiger partial charge in [0.2, 0.25) is 0 Å². The standard InChI is InChI=1S/C12H18N5O2/c1-9-4-5-10-11(8-9)16(18)12(14-17(10)19)13-6-7-15(2)3/h4-5,8,18H,6-7H2,1-3H3,(H,13,14,19)/q+1. The van der Waals surface area contributed by atoms with Crippen molar-refractivity contribution in [2.45, 2.75) is 6.92 Å². The van der Waals surface area contributed by atoms with E-state index < -0.39 is 0 Å². The lowest BCUT2D eigenvalue weighted by atomic mass is 10.2. The Hall–Kier alpha value is -2.15. The summed E-state index contributed by atoms with van der Waals surface area (Å²) in [5.41, 5.74) is 1.71. The predicted molar refractivity (Wildman–Crippen MR) is 72.1 cm³/mol. The van der Waals surface area contributed by atoms with Crippen molar-refractivity contribution in [2.75, 3.05) is 32.5 Å². The van der Waals surface area contributed by atoms with Crippen molar-refractivity contribution in [3.8, 4) is 0 Å². The minimum Gasteiger partial charge on any atom is -0.425 e. The Morgan fingerprint density at radius 2 is 2.21 bits per heavy atom. The molecule has 0 aliphatic carbocycles. The molecule has 7 nitrogen and oxygen atoms in total. The zero-order valence-electron chi connectivity index (χ0n) is 11.3. The summed E-state index contributed by atoms with van der Waals surface area (Å²) in [6, 6.07) is 5.18. The lowest BCUT2D eigenvalue weighted by Crippen LogP contribution is -2.29. The molecule has 0 aliphatic heterocycles. The van der Waals surface area contributed by atoms with Crippen LogP contribution in [0.2, 0.25) is 0 Å². The lowest BCUT2D eigenvalue weighted by molar-refractivity contribution is -0.535. The smallest absolute Gasteiger partial charge is 0.322 e. The number of anilines is 1. The molecule has 1 heterocycles. The molecule has 19 heavy (non-hydrogen) atoms. The highest BCUT2D eigenvalue weighted by molar-refractivity contribution is 5.72. The largest absolute Gasteiger partial charge is 0.425 e. The van der Waals surface area contributed by atoms with Gasteiger partial charge in [-0.25, -0.2) is 0 Å². The van der Waals surface area contributed by atoms with Crippen LogP contribution in [-0.2, 0) is 0 Å². The number of nitrogens with one attached hydrogen (secondary N) is 1. The third-order valence-electron chi connectivity index (χ3n) is 2.79. The molecule has 0 atom stereocenters. The normalized spacial score (nSPS) is 11.2. The number of fused-ring (bicyclic) bond motifs is 1. The van der Waals surface area contributed by atoms with E-state index in [9.17, 15) is 10.1 Å². The van der Waals surface area contributed by atoms with Crippen molar-refractivity contribution in [1.29, 1.82) is 0 Å². The number of aromatic nitrogens is 3. The molecule has 2 aromatic rings. The molecular formula is C12H18N5O2+. The summed E-state index contributed by atoms with van der Waals surface area (Å²) in [6.45, 7) is 3.25. The Labute approximate surface area is 110 Å². The molecule has 1 aromatic carbocycles. The van der Waals surface area contributed by atoms with E-state index >= 15 is 0 Å². The molecule has 0 amide bonds. The third-order valence-corrected chi connectivity index (χ3v) is 2.79. The molecule has 2 rings (SSSR count). The first-order chi connectivity index (χ1) is 8.99. The Balaban J connectivity index is 2.40. The van der Waals surface area contributed by atoms with Crippen LogP contribution < -0.4 is 9.86 Å². The summed E-state index contributed by atoms with van der Waals surface area (Å²) in [7, 11) is 3.89. The lowest BCUT2D eigenvalue weighted by Gasteiger charge is -2.11. The maximum absolute atomic E-state index is 11.8. The van der Waals surface area contributed by atoms with Crippen LogP contribution in [0.5, 0.6) is 0 Å². The van der Waals surface area contributed by atoms with E-state index in [4.69, 9.17) is 0 Å². The summed E-state index contributed by atoms with van der Waals surface area (Å²) in [5.74, 6) is 0.134. The minimum atomic E-state index is 0.134. The number of hydrogen-bond donors (Lipinski definition) is 2. The van der Waals surface area contributed by atoms with Gasteiger partial charge in [-0.3, -0.25) is 0 Å². The predicted octanol–water partition coefficient (Wildman–Crippen LogP) is 0.470. The van der Waals surface area contributed by atoms with Crippen LogP contribution in [0.15, 0.2) is 18.2 Å². The van der Waals surface area contributed by atoms with Crippen molar-refractivity contribution >= 4 is 17.0 Å². The van der Waals surface area contributed by atoms with Gasteiger partial charge < -0.3 is 15.4 Å². The van der Waals surface area contributed by atoms with Crippen LogP contribution >= 0.6 is 0 Å². The van der Waals surface area contributed by atoms with Crippen LogP contribution in [0.1, 0.15) is 5.56 Å². The van der Waals surface area contributed by atoms with Gasteiger partial charge >= 0.3 is 11.5 Å². The molecule has 0 radical (unpaired) electrons. The van der Waals surface area contributed by atoms with E-state index in [0.29, 0.717) is 22.1 Å². The number of likely N-dealkylation sites (N-methyl/N-ethyl adjacent to an activating group) is 1. The summed E-state index contributed by atoms with van der Waals surface area (Å²) < 4.78 is 1.42. The van der Waals surface area contributed by atoms with Crippen molar-refractivity contribution in [3.05, 3.63) is 28.7 Å². The first-order valence-corrected chi connectivity index (χ1v) is 6.03. The van der Waals surface area contributed by atoms with E-state index in [-0.39, 0.29) is 5.95 Å². The van der Waals surface area contributed by atoms with Gasteiger partial charge in [0.05, 0.1) is 10.0 Å². The fourth-order valence-corrected chi connectivity index (χ4v) is 1.76. The van der Waals surface area contributed by atoms with Gasteiger partial charge in [-0.15, -0.1) is 4.73 Å². The highest BCUT2D eigenvalue weighted by Gasteiger charge is 2.17. The number of hydrogen-bond acceptors (Lipinski definition) is 5. The topological polar surface area (TPSA) is 76.3 Å². The van der Waals surface area contributed by atoms with Crippen LogP contribution in [-0.4, -0.2) is 47.1 Å². The number of rotatable bonds is 4. The zero-order valence-corrected chi connectivity index (χ0v) is 11.3. The van der Waals surface area contributed by atoms with E-state index in [1.165, 1.54) is 0 Å². The number of aryl methyl sites for hydroxylation is 1. The van der Waals surface area contributed by atoms with Gasteiger partial charge in [0, 0.05) is 19.2 Å². The van der Waals surface area contributed by atoms with Gasteiger partial charge in [0.15, 0.2) is 10.1 Å². The maximum atomic E-state index is 11.8. The second-order valence-electron chi connectivity index (χ2n) is 4.73. The maximum Gasteiger partial charge on any atom is 0.322 e. The molecule has 0 saturated carbocycles. The summed E-state index contributed by atoms with van der Waals surface area (Å²) in [4.78, 5) is 13.8. The van der Waals surface area contributed by atoms with Crippen molar-refractivity contribution < 1.29 is 9.75 Å². The van der Waals surface area contributed by atoms with Gasteiger partial charge in [0.25, 0.3) is 0 Å². The van der Waals surface area contributed by atoms with Gasteiger partial charge in [-0.2, -0.15) is 0 Å². The van der Waals surface area contributed by atoms with Gasteiger partial charge in [0.1, 0.15) is 0 Å². The molecule has 2 N–H and O–H groups in total. The fourth-order valence-electron chi connectivity index (χ4n) is 1.76. The second kappa shape index (κ2) is 5.23. The van der Waals surface area contributed by atoms with E-state index in [2.05, 4.69) is 10.4 Å². The van der Waals surface area contributed by atoms with E-state index in [1.54, 1.807) is 18.2 Å². The van der Waals surface area contributed by atoms with Crippen molar-refractivity contribution in [2.24, 2.45) is 0 Å². The molecule has 0 fully saturated rings. The molecule has 0 unspecified atom stereocenters. The first-order valence-electron chi connectivity index (χ1n) is 6.03. The highest BCUT2D eigenvalue weighted by Crippen LogP contribution is 2.13. The summed E-state index contributed by atoms with van der Waals surface area (Å²) in [6.07, 6.45) is 0. The molecule has 0 aliphatic rings. The molecule has 102 valence electrons. The SMILES string of the molecule is Cc1ccc2c(c1)n(O)c(NCCN(C)C)n[n+]2=O. The van der Waals surface area contributed by atoms with E-state index in [1.807, 2.05) is 25.9 Å². The molecule has 0 bridgehead atoms. The average molecular weight is 264 g/mol. The molecule has 7 heteroatoms. The van der Waals surface area contributed by atoms with Crippen LogP contribution in [0.3, 0.4) is 0 Å². The highest BCUT2D eigenvalue weighted by atomic mass is 16.5. The Morgan fingerprint density at radius 1 is 1.47 bits per heavy atom. The first kappa shape index (κ1) is 13.3. The molecular weight excluding hydrogens is 246 g/mol. The van der Waals surface area contributed by atoms with Crippen LogP contribution in [0.25, 0.3) is 11.0 Å². The van der Waals surface area contributed by atoms with Gasteiger partial charge in [-0.05, 0) is 32.6 Å². The zero-order chi connectivity index (χ0) is 14.0. The summed E-state index contributed by atoms with van der Waals surface area (Å²) >= 11 is 0. The molecule has 1 aromatic heterocycles. The third kappa shape index (κ3) is 2.82. The average Bonchev–Trinajstić information content (AvgIpc) is 2.34. The number of nitrogens with zero attached hydrogens (tertiary/aromatic N) is 4. The van der Waals surface area contributed by atoms with E-state index in [0.717, 1.165) is 16.8 Å². The van der Waals surface area contributed by atoms with Crippen LogP contribution in [0, 0.1) is 11.8 Å². The molecule has 0 spiro atoms. The monoisotopic (exact) mass is 264 g/mol. The Kier molecular flexibility index (Phi) is 3.66. The summed E-state index contributed by atoms with van der Waals surface area (Å²) in [5, 5.41) is 16.8. The second-order valence-corrected chi connectivity index (χ2v) is 4.73. The van der Waals surface area contributed by atoms with Crippen molar-refractivity contribution in [3.63, 3.8) is 0 Å². The quantitative estimate of drug-likeness (QED) is 0.620. The van der Waals surface area contributed by atoms with Gasteiger partial charge in [-0.1, -0.05) is 6.07 Å². The van der Waals surface area contributed by atoms with Crippen molar-refractivity contribution in [1.82, 2.24) is 14.7 Å². The fraction of sp³-hybridized carbons (Fsp3) is 0.417. The molecule has 0 saturated heterocycles. The Morgan fingerprint density at radius 3 is 2.89 bits per heavy atom. The number of benzene rings is 1. The van der Waals surface area contributed by atoms with Crippen LogP contribution in [0.4, 0.5) is 5.95 Å². The minimum absolute atomic E-state index is 0.134.